The zero-order chi connectivity index (χ0) is 31.9. The van der Waals surface area contributed by atoms with E-state index < -0.39 is 11.6 Å². The number of fused-ring (bicyclic) bond motifs is 1. The van der Waals surface area contributed by atoms with Crippen LogP contribution in [0.4, 0.5) is 0 Å². The standard InChI is InChI=1S/C38H40Cl2N2O2/c1-36(2,3)26-11-15-28(16-12-26)38(44,29-17-13-27(14-18-29)37(4,5)6)34(20-24-22-41-33-10-8-7-9-31(24)33)42-23-25-19-30(39)21-32(40)35(25)43/h7-19,21-23,34,41,43-44H,20H2,1-6H3/t34-/m1/s1. The number of hydrogen-bond acceptors (Lipinski definition) is 3. The molecule has 1 aromatic heterocycles. The first-order chi connectivity index (χ1) is 20.7. The molecule has 0 unspecified atom stereocenters. The van der Waals surface area contributed by atoms with Crippen LogP contribution >= 0.6 is 23.2 Å². The third-order valence-electron chi connectivity index (χ3n) is 8.40. The van der Waals surface area contributed by atoms with Gasteiger partial charge in [-0.2, -0.15) is 0 Å². The van der Waals surface area contributed by atoms with Crippen molar-refractivity contribution in [3.63, 3.8) is 0 Å². The van der Waals surface area contributed by atoms with E-state index in [0.717, 1.165) is 27.6 Å². The maximum atomic E-state index is 13.1. The van der Waals surface area contributed by atoms with Gasteiger partial charge in [0.05, 0.1) is 11.1 Å². The summed E-state index contributed by atoms with van der Waals surface area (Å²) in [6.07, 6.45) is 3.95. The first kappa shape index (κ1) is 31.8. The number of aromatic nitrogens is 1. The van der Waals surface area contributed by atoms with Crippen LogP contribution in [0.2, 0.25) is 10.0 Å². The van der Waals surface area contributed by atoms with Crippen LogP contribution in [-0.4, -0.2) is 27.5 Å². The fraction of sp³-hybridized carbons (Fsp3) is 0.289. The van der Waals surface area contributed by atoms with Gasteiger partial charge >= 0.3 is 0 Å². The zero-order valence-corrected chi connectivity index (χ0v) is 27.6. The van der Waals surface area contributed by atoms with Gasteiger partial charge in [0.1, 0.15) is 11.4 Å². The van der Waals surface area contributed by atoms with E-state index in [1.807, 2.05) is 48.7 Å². The summed E-state index contributed by atoms with van der Waals surface area (Å²) in [6.45, 7) is 13.0. The molecular formula is C38H40Cl2N2O2. The molecule has 0 spiro atoms. The molecule has 0 radical (unpaired) electrons. The molecule has 0 amide bonds. The van der Waals surface area contributed by atoms with E-state index in [9.17, 15) is 10.2 Å². The zero-order valence-electron chi connectivity index (χ0n) is 26.1. The Hall–Kier alpha value is -3.57. The molecule has 1 heterocycles. The Labute approximate surface area is 270 Å². The van der Waals surface area contributed by atoms with Crippen LogP contribution in [0, 0.1) is 0 Å². The summed E-state index contributed by atoms with van der Waals surface area (Å²) < 4.78 is 0. The third-order valence-corrected chi connectivity index (χ3v) is 8.91. The molecule has 5 rings (SSSR count). The van der Waals surface area contributed by atoms with E-state index in [1.165, 1.54) is 17.2 Å². The van der Waals surface area contributed by atoms with E-state index in [1.54, 1.807) is 12.3 Å². The maximum Gasteiger partial charge on any atom is 0.143 e. The van der Waals surface area contributed by atoms with Crippen LogP contribution in [0.15, 0.2) is 96.1 Å². The number of benzene rings is 4. The summed E-state index contributed by atoms with van der Waals surface area (Å²) in [7, 11) is 0. The lowest BCUT2D eigenvalue weighted by atomic mass is 9.76. The lowest BCUT2D eigenvalue weighted by Gasteiger charge is -2.36. The number of aliphatic hydroxyl groups is 1. The van der Waals surface area contributed by atoms with Gasteiger partial charge in [-0.05, 0) is 56.8 Å². The minimum absolute atomic E-state index is 0.0457. The Morgan fingerprint density at radius 1 is 0.773 bits per heavy atom. The highest BCUT2D eigenvalue weighted by molar-refractivity contribution is 6.36. The fourth-order valence-corrected chi connectivity index (χ4v) is 6.18. The van der Waals surface area contributed by atoms with E-state index >= 15 is 0 Å². The van der Waals surface area contributed by atoms with Crippen LogP contribution in [0.5, 0.6) is 5.75 Å². The molecule has 5 aromatic rings. The third kappa shape index (κ3) is 6.44. The minimum atomic E-state index is -1.53. The van der Waals surface area contributed by atoms with Gasteiger partial charge in [0, 0.05) is 40.3 Å². The highest BCUT2D eigenvalue weighted by Gasteiger charge is 2.41. The Bertz CT molecular complexity index is 1730. The lowest BCUT2D eigenvalue weighted by molar-refractivity contribution is 0.0528. The Balaban J connectivity index is 1.72. The summed E-state index contributed by atoms with van der Waals surface area (Å²) in [5.41, 5.74) is 4.58. The summed E-state index contributed by atoms with van der Waals surface area (Å²) >= 11 is 12.5. The highest BCUT2D eigenvalue weighted by atomic mass is 35.5. The number of nitrogens with zero attached hydrogens (tertiary/aromatic N) is 1. The van der Waals surface area contributed by atoms with Crippen molar-refractivity contribution in [1.82, 2.24) is 4.98 Å². The van der Waals surface area contributed by atoms with Gasteiger partial charge < -0.3 is 15.2 Å². The molecule has 0 saturated heterocycles. The molecular weight excluding hydrogens is 587 g/mol. The van der Waals surface area contributed by atoms with Crippen molar-refractivity contribution < 1.29 is 10.2 Å². The Kier molecular flexibility index (Phi) is 8.74. The van der Waals surface area contributed by atoms with Gasteiger partial charge in [-0.25, -0.2) is 0 Å². The molecule has 1 atom stereocenters. The van der Waals surface area contributed by atoms with Gasteiger partial charge in [0.15, 0.2) is 0 Å². The predicted molar refractivity (Wildman–Crippen MR) is 185 cm³/mol. The van der Waals surface area contributed by atoms with Gasteiger partial charge in [-0.1, -0.05) is 131 Å². The lowest BCUT2D eigenvalue weighted by Crippen LogP contribution is -2.41. The van der Waals surface area contributed by atoms with Crippen molar-refractivity contribution in [1.29, 1.82) is 0 Å². The molecule has 4 aromatic carbocycles. The number of halogens is 2. The molecule has 0 aliphatic carbocycles. The van der Waals surface area contributed by atoms with E-state index in [2.05, 4.69) is 76.9 Å². The molecule has 228 valence electrons. The number of aromatic hydroxyl groups is 1. The Morgan fingerprint density at radius 3 is 1.84 bits per heavy atom. The monoisotopic (exact) mass is 626 g/mol. The molecule has 0 aliphatic rings. The van der Waals surface area contributed by atoms with Crippen LogP contribution in [-0.2, 0) is 22.9 Å². The van der Waals surface area contributed by atoms with E-state index in [-0.39, 0.29) is 21.6 Å². The van der Waals surface area contributed by atoms with Crippen LogP contribution in [0.1, 0.15) is 74.9 Å². The van der Waals surface area contributed by atoms with Crippen molar-refractivity contribution in [3.05, 3.63) is 135 Å². The van der Waals surface area contributed by atoms with Crippen molar-refractivity contribution in [2.24, 2.45) is 4.99 Å². The number of phenols is 1. The minimum Gasteiger partial charge on any atom is -0.506 e. The number of hydrogen-bond donors (Lipinski definition) is 3. The topological polar surface area (TPSA) is 68.6 Å². The number of aliphatic imine (C=N–C) groups is 1. The first-order valence-corrected chi connectivity index (χ1v) is 15.6. The second kappa shape index (κ2) is 12.1. The molecule has 0 saturated carbocycles. The number of para-hydroxylation sites is 1. The number of phenolic OH excluding ortho intramolecular Hbond substituents is 1. The van der Waals surface area contributed by atoms with Crippen LogP contribution in [0.3, 0.4) is 0 Å². The van der Waals surface area contributed by atoms with Gasteiger partial charge in [-0.3, -0.25) is 4.99 Å². The van der Waals surface area contributed by atoms with Crippen molar-refractivity contribution >= 4 is 40.3 Å². The van der Waals surface area contributed by atoms with Crippen LogP contribution in [0.25, 0.3) is 10.9 Å². The number of nitrogens with one attached hydrogen (secondary N) is 1. The Morgan fingerprint density at radius 2 is 1.30 bits per heavy atom. The molecule has 0 fully saturated rings. The second-order valence-electron chi connectivity index (χ2n) is 13.6. The van der Waals surface area contributed by atoms with Crippen LogP contribution < -0.4 is 0 Å². The first-order valence-electron chi connectivity index (χ1n) is 14.9. The molecule has 3 N–H and O–H groups in total. The average Bonchev–Trinajstić information content (AvgIpc) is 3.39. The summed E-state index contributed by atoms with van der Waals surface area (Å²) in [5.74, 6) is -0.113. The van der Waals surface area contributed by atoms with Crippen molar-refractivity contribution in [3.8, 4) is 5.75 Å². The van der Waals surface area contributed by atoms with E-state index in [4.69, 9.17) is 28.2 Å². The predicted octanol–water partition coefficient (Wildman–Crippen LogP) is 9.74. The molecule has 0 bridgehead atoms. The summed E-state index contributed by atoms with van der Waals surface area (Å²) in [4.78, 5) is 8.38. The maximum absolute atomic E-state index is 13.1. The number of H-pyrrole nitrogens is 1. The van der Waals surface area contributed by atoms with Gasteiger partial charge in [-0.15, -0.1) is 0 Å². The van der Waals surface area contributed by atoms with Crippen molar-refractivity contribution in [2.75, 3.05) is 0 Å². The molecule has 44 heavy (non-hydrogen) atoms. The van der Waals surface area contributed by atoms with Crippen molar-refractivity contribution in [2.45, 2.75) is 70.4 Å². The number of aromatic amines is 1. The normalized spacial score (nSPS) is 13.6. The second-order valence-corrected chi connectivity index (χ2v) is 14.4. The SMILES string of the molecule is CC(C)(C)c1ccc(C(O)(c2ccc(C(C)(C)C)cc2)[C@@H](Cc2c[nH]c3ccccc23)N=Cc2cc(Cl)cc(Cl)c2O)cc1. The summed E-state index contributed by atoms with van der Waals surface area (Å²) in [5, 5.41) is 25.4. The quantitative estimate of drug-likeness (QED) is 0.157. The average molecular weight is 628 g/mol. The number of rotatable bonds is 7. The highest BCUT2D eigenvalue weighted by Crippen LogP contribution is 2.40. The van der Waals surface area contributed by atoms with Gasteiger partial charge in [0.2, 0.25) is 0 Å². The molecule has 0 aliphatic heterocycles. The van der Waals surface area contributed by atoms with E-state index in [0.29, 0.717) is 17.0 Å². The molecule has 6 heteroatoms. The summed E-state index contributed by atoms with van der Waals surface area (Å²) in [6, 6.07) is 26.9. The van der Waals surface area contributed by atoms with Gasteiger partial charge in [0.25, 0.3) is 0 Å². The largest absolute Gasteiger partial charge is 0.506 e. The fourth-order valence-electron chi connectivity index (χ4n) is 5.67. The molecule has 4 nitrogen and oxygen atoms in total. The smallest absolute Gasteiger partial charge is 0.143 e.